The Labute approximate surface area is 148 Å². The molecule has 0 spiro atoms. The molecule has 1 fully saturated rings. The molecule has 1 amide bonds. The summed E-state index contributed by atoms with van der Waals surface area (Å²) in [4.78, 5) is 14.3. The van der Waals surface area contributed by atoms with Gasteiger partial charge in [-0.2, -0.15) is 5.26 Å². The third-order valence-corrected chi connectivity index (χ3v) is 9.56. The van der Waals surface area contributed by atoms with Gasteiger partial charge >= 0.3 is 6.09 Å². The Bertz CT molecular complexity index is 500. The monoisotopic (exact) mass is 354 g/mol. The van der Waals surface area contributed by atoms with E-state index in [9.17, 15) is 4.79 Å². The number of hydrogen-bond acceptors (Lipinski definition) is 4. The van der Waals surface area contributed by atoms with Crippen LogP contribution in [0, 0.1) is 11.3 Å². The second-order valence-corrected chi connectivity index (χ2v) is 14.1. The quantitative estimate of drug-likeness (QED) is 0.690. The van der Waals surface area contributed by atoms with Gasteiger partial charge in [0.25, 0.3) is 0 Å². The molecule has 0 aromatic carbocycles. The zero-order chi connectivity index (χ0) is 18.9. The third kappa shape index (κ3) is 4.97. The first-order valence-electron chi connectivity index (χ1n) is 8.75. The van der Waals surface area contributed by atoms with Crippen LogP contribution in [0.25, 0.3) is 0 Å². The van der Waals surface area contributed by atoms with Crippen molar-refractivity contribution in [3.63, 3.8) is 0 Å². The molecule has 5 nitrogen and oxygen atoms in total. The zero-order valence-electron chi connectivity index (χ0n) is 16.8. The van der Waals surface area contributed by atoms with E-state index in [0.29, 0.717) is 12.8 Å². The molecule has 0 saturated carbocycles. The van der Waals surface area contributed by atoms with Gasteiger partial charge in [-0.1, -0.05) is 20.8 Å². The minimum atomic E-state index is -1.94. The molecule has 0 bridgehead atoms. The molecule has 0 aromatic rings. The summed E-state index contributed by atoms with van der Waals surface area (Å²) in [6, 6.07) is 1.96. The summed E-state index contributed by atoms with van der Waals surface area (Å²) in [6.45, 7) is 18.6. The molecule has 1 aliphatic rings. The molecule has 0 aliphatic carbocycles. The molecule has 1 aliphatic heterocycles. The van der Waals surface area contributed by atoms with Crippen molar-refractivity contribution in [2.24, 2.45) is 0 Å². The molecular formula is C18H34N2O3Si. The number of carbonyl (C=O) groups excluding carboxylic acids is 1. The van der Waals surface area contributed by atoms with Crippen LogP contribution in [0.15, 0.2) is 0 Å². The fourth-order valence-corrected chi connectivity index (χ4v) is 4.11. The van der Waals surface area contributed by atoms with Crippen LogP contribution >= 0.6 is 0 Å². The van der Waals surface area contributed by atoms with E-state index in [1.807, 2.05) is 27.7 Å². The Morgan fingerprint density at radius 2 is 1.79 bits per heavy atom. The summed E-state index contributed by atoms with van der Waals surface area (Å²) in [5.41, 5.74) is -0.549. The summed E-state index contributed by atoms with van der Waals surface area (Å²) in [5, 5.41) is 9.24. The van der Waals surface area contributed by atoms with Crippen LogP contribution in [-0.2, 0) is 9.16 Å². The SMILES string of the molecule is C[C@@H]1C(O[Si](C)(C)C(C)(C)C)CC(CC#N)N1C(=O)OC(C)(C)C. The topological polar surface area (TPSA) is 62.6 Å². The highest BCUT2D eigenvalue weighted by Gasteiger charge is 2.48. The Morgan fingerprint density at radius 1 is 1.25 bits per heavy atom. The molecule has 6 heteroatoms. The number of carbonyl (C=O) groups is 1. The fourth-order valence-electron chi connectivity index (χ4n) is 2.71. The summed E-state index contributed by atoms with van der Waals surface area (Å²) in [7, 11) is -1.94. The first-order chi connectivity index (χ1) is 10.7. The highest BCUT2D eigenvalue weighted by molar-refractivity contribution is 6.74. The second-order valence-electron chi connectivity index (χ2n) is 9.30. The third-order valence-electron chi connectivity index (χ3n) is 5.06. The Hall–Kier alpha value is -1.06. The molecule has 2 unspecified atom stereocenters. The number of rotatable bonds is 3. The van der Waals surface area contributed by atoms with Crippen LogP contribution in [0.4, 0.5) is 4.79 Å². The van der Waals surface area contributed by atoms with Gasteiger partial charge in [0.05, 0.1) is 30.7 Å². The van der Waals surface area contributed by atoms with Crippen molar-refractivity contribution in [1.82, 2.24) is 4.90 Å². The summed E-state index contributed by atoms with van der Waals surface area (Å²) in [6.07, 6.45) is 0.606. The summed E-state index contributed by atoms with van der Waals surface area (Å²) in [5.74, 6) is 0. The van der Waals surface area contributed by atoms with E-state index in [1.54, 1.807) is 4.90 Å². The lowest BCUT2D eigenvalue weighted by molar-refractivity contribution is 0.0120. The zero-order valence-corrected chi connectivity index (χ0v) is 17.8. The van der Waals surface area contributed by atoms with Gasteiger partial charge in [-0.05, 0) is 52.2 Å². The molecule has 0 aromatic heterocycles. The lowest BCUT2D eigenvalue weighted by atomic mass is 10.1. The van der Waals surface area contributed by atoms with Crippen LogP contribution in [0.3, 0.4) is 0 Å². The van der Waals surface area contributed by atoms with Gasteiger partial charge in [-0.15, -0.1) is 0 Å². The number of amides is 1. The van der Waals surface area contributed by atoms with Gasteiger partial charge < -0.3 is 9.16 Å². The van der Waals surface area contributed by atoms with E-state index in [4.69, 9.17) is 14.4 Å². The van der Waals surface area contributed by atoms with Crippen LogP contribution in [0.5, 0.6) is 0 Å². The van der Waals surface area contributed by atoms with Crippen LogP contribution in [0.1, 0.15) is 61.3 Å². The van der Waals surface area contributed by atoms with Crippen LogP contribution < -0.4 is 0 Å². The number of nitrogens with zero attached hydrogens (tertiary/aromatic N) is 2. The van der Waals surface area contributed by atoms with Gasteiger partial charge in [0, 0.05) is 0 Å². The molecular weight excluding hydrogens is 320 g/mol. The summed E-state index contributed by atoms with van der Waals surface area (Å²) < 4.78 is 12.1. The van der Waals surface area contributed by atoms with Crippen LogP contribution in [0.2, 0.25) is 18.1 Å². The molecule has 138 valence electrons. The molecule has 1 saturated heterocycles. The van der Waals surface area contributed by atoms with E-state index in [1.165, 1.54) is 0 Å². The predicted octanol–water partition coefficient (Wildman–Crippen LogP) is 4.69. The number of nitriles is 1. The van der Waals surface area contributed by atoms with Gasteiger partial charge in [-0.3, -0.25) is 4.90 Å². The Balaban J connectivity index is 2.98. The second kappa shape index (κ2) is 7.05. The van der Waals surface area contributed by atoms with Crippen molar-refractivity contribution >= 4 is 14.4 Å². The molecule has 1 heterocycles. The van der Waals surface area contributed by atoms with Crippen molar-refractivity contribution < 1.29 is 14.0 Å². The van der Waals surface area contributed by atoms with Crippen molar-refractivity contribution in [3.05, 3.63) is 0 Å². The maximum absolute atomic E-state index is 12.6. The van der Waals surface area contributed by atoms with E-state index < -0.39 is 13.9 Å². The Morgan fingerprint density at radius 3 is 2.21 bits per heavy atom. The fraction of sp³-hybridized carbons (Fsp3) is 0.889. The smallest absolute Gasteiger partial charge is 0.410 e. The highest BCUT2D eigenvalue weighted by atomic mass is 28.4. The number of likely N-dealkylation sites (tertiary alicyclic amines) is 1. The van der Waals surface area contributed by atoms with Crippen molar-refractivity contribution in [3.8, 4) is 6.07 Å². The maximum Gasteiger partial charge on any atom is 0.410 e. The van der Waals surface area contributed by atoms with Gasteiger partial charge in [0.15, 0.2) is 8.32 Å². The number of ether oxygens (including phenoxy) is 1. The normalized spacial score (nSPS) is 25.5. The van der Waals surface area contributed by atoms with E-state index in [0.717, 1.165) is 0 Å². The lowest BCUT2D eigenvalue weighted by Crippen LogP contribution is -2.48. The molecule has 24 heavy (non-hydrogen) atoms. The molecule has 0 radical (unpaired) electrons. The Kier molecular flexibility index (Phi) is 6.16. The number of hydrogen-bond donors (Lipinski definition) is 0. The first-order valence-corrected chi connectivity index (χ1v) is 11.7. The molecule has 0 N–H and O–H groups in total. The first kappa shape index (κ1) is 21.0. The highest BCUT2D eigenvalue weighted by Crippen LogP contribution is 2.40. The standard InChI is InChI=1S/C18H34N2O3Si/c1-13-15(23-24(8,9)18(5,6)7)12-14(10-11-19)20(13)16(21)22-17(2,3)4/h13-15H,10,12H2,1-9H3/t13-,14?,15?/m1/s1. The largest absolute Gasteiger partial charge is 0.444 e. The van der Waals surface area contributed by atoms with Gasteiger partial charge in [0.2, 0.25) is 0 Å². The van der Waals surface area contributed by atoms with E-state index in [2.05, 4.69) is 39.9 Å². The average Bonchev–Trinajstić information content (AvgIpc) is 2.62. The predicted molar refractivity (Wildman–Crippen MR) is 98.2 cm³/mol. The average molecular weight is 355 g/mol. The molecule has 3 atom stereocenters. The van der Waals surface area contributed by atoms with Crippen molar-refractivity contribution in [2.75, 3.05) is 0 Å². The van der Waals surface area contributed by atoms with Gasteiger partial charge in [0.1, 0.15) is 5.60 Å². The van der Waals surface area contributed by atoms with E-state index in [-0.39, 0.29) is 29.3 Å². The lowest BCUT2D eigenvalue weighted by Gasteiger charge is -2.39. The van der Waals surface area contributed by atoms with Crippen LogP contribution in [-0.4, -0.2) is 43.1 Å². The van der Waals surface area contributed by atoms with Crippen molar-refractivity contribution in [2.45, 2.75) is 103 Å². The van der Waals surface area contributed by atoms with E-state index >= 15 is 0 Å². The van der Waals surface area contributed by atoms with Gasteiger partial charge in [-0.25, -0.2) is 4.79 Å². The minimum Gasteiger partial charge on any atom is -0.444 e. The maximum atomic E-state index is 12.6. The minimum absolute atomic E-state index is 0.0447. The summed E-state index contributed by atoms with van der Waals surface area (Å²) >= 11 is 0. The molecule has 1 rings (SSSR count). The van der Waals surface area contributed by atoms with Crippen molar-refractivity contribution in [1.29, 1.82) is 5.26 Å².